The minimum atomic E-state index is -0.439. The van der Waals surface area contributed by atoms with Crippen molar-refractivity contribution in [1.29, 1.82) is 0 Å². The van der Waals surface area contributed by atoms with E-state index in [9.17, 15) is 5.11 Å². The molecule has 1 saturated carbocycles. The molecule has 1 heterocycles. The fraction of sp³-hybridized carbons (Fsp3) is 0.625. The van der Waals surface area contributed by atoms with Gasteiger partial charge in [0.1, 0.15) is 0 Å². The minimum absolute atomic E-state index is 0.396. The van der Waals surface area contributed by atoms with Gasteiger partial charge in [0.15, 0.2) is 0 Å². The third-order valence-electron chi connectivity index (χ3n) is 4.50. The maximum absolute atomic E-state index is 9.73. The first kappa shape index (κ1) is 14.4. The van der Waals surface area contributed by atoms with E-state index in [1.165, 1.54) is 31.4 Å². The number of hydrogen-bond acceptors (Lipinski definition) is 3. The molecule has 0 aromatic heterocycles. The van der Waals surface area contributed by atoms with Crippen LogP contribution in [-0.2, 0) is 4.74 Å². The summed E-state index contributed by atoms with van der Waals surface area (Å²) in [5.41, 5.74) is 2.18. The summed E-state index contributed by atoms with van der Waals surface area (Å²) in [6.45, 7) is 3.57. The van der Waals surface area contributed by atoms with E-state index in [2.05, 4.69) is 33.0 Å². The molecule has 3 rings (SSSR count). The molecule has 1 aliphatic carbocycles. The highest BCUT2D eigenvalue weighted by atomic mass is 79.9. The van der Waals surface area contributed by atoms with Crippen LogP contribution in [0, 0.1) is 0 Å². The Kier molecular flexibility index (Phi) is 4.34. The average molecular weight is 340 g/mol. The molecule has 0 bridgehead atoms. The van der Waals surface area contributed by atoms with Gasteiger partial charge in [-0.2, -0.15) is 0 Å². The van der Waals surface area contributed by atoms with E-state index in [1.54, 1.807) is 6.92 Å². The van der Waals surface area contributed by atoms with Gasteiger partial charge >= 0.3 is 0 Å². The zero-order valence-electron chi connectivity index (χ0n) is 11.9. The fourth-order valence-corrected chi connectivity index (χ4v) is 4.15. The number of hydrogen-bond donors (Lipinski definition) is 1. The van der Waals surface area contributed by atoms with Gasteiger partial charge in [-0.3, -0.25) is 0 Å². The lowest BCUT2D eigenvalue weighted by atomic mass is 9.89. The summed E-state index contributed by atoms with van der Waals surface area (Å²) in [6, 6.07) is 6.81. The van der Waals surface area contributed by atoms with Gasteiger partial charge < -0.3 is 14.7 Å². The summed E-state index contributed by atoms with van der Waals surface area (Å²) in [5.74, 6) is 0. The SMILES string of the molecule is C[C@@H](O)c1ccc(N2CCOC3CCCCC32)cc1Br. The number of anilines is 1. The first-order valence-electron chi connectivity index (χ1n) is 7.52. The van der Waals surface area contributed by atoms with Crippen LogP contribution in [0.25, 0.3) is 0 Å². The number of benzene rings is 1. The topological polar surface area (TPSA) is 32.7 Å². The van der Waals surface area contributed by atoms with Crippen molar-refractivity contribution in [3.05, 3.63) is 28.2 Å². The van der Waals surface area contributed by atoms with Gasteiger partial charge in [0, 0.05) is 16.7 Å². The van der Waals surface area contributed by atoms with Gasteiger partial charge in [0.25, 0.3) is 0 Å². The summed E-state index contributed by atoms with van der Waals surface area (Å²) in [6.07, 6.45) is 4.96. The molecule has 0 amide bonds. The Morgan fingerprint density at radius 1 is 1.35 bits per heavy atom. The number of aliphatic hydroxyl groups excluding tert-OH is 1. The van der Waals surface area contributed by atoms with Crippen molar-refractivity contribution in [2.75, 3.05) is 18.1 Å². The molecule has 4 heteroatoms. The Morgan fingerprint density at radius 2 is 2.15 bits per heavy atom. The van der Waals surface area contributed by atoms with Crippen LogP contribution < -0.4 is 4.90 Å². The normalized spacial score (nSPS) is 28.1. The Balaban J connectivity index is 1.85. The molecule has 3 atom stereocenters. The standard InChI is InChI=1S/C16H22BrNO2/c1-11(19)13-7-6-12(10-14(13)17)18-8-9-20-16-5-3-2-4-15(16)18/h6-7,10-11,15-16,19H,2-5,8-9H2,1H3/t11-,15?,16?/m1/s1. The molecule has 1 N–H and O–H groups in total. The number of fused-ring (bicyclic) bond motifs is 1. The number of nitrogens with zero attached hydrogens (tertiary/aromatic N) is 1. The summed E-state index contributed by atoms with van der Waals surface area (Å²) < 4.78 is 6.92. The van der Waals surface area contributed by atoms with Gasteiger partial charge in [0.2, 0.25) is 0 Å². The second-order valence-corrected chi connectivity index (χ2v) is 6.69. The zero-order valence-corrected chi connectivity index (χ0v) is 13.5. The number of rotatable bonds is 2. The molecule has 3 nitrogen and oxygen atoms in total. The van der Waals surface area contributed by atoms with Crippen LogP contribution in [0.4, 0.5) is 5.69 Å². The van der Waals surface area contributed by atoms with Crippen molar-refractivity contribution in [3.8, 4) is 0 Å². The van der Waals surface area contributed by atoms with Gasteiger partial charge in [-0.1, -0.05) is 34.8 Å². The van der Waals surface area contributed by atoms with E-state index in [0.29, 0.717) is 12.1 Å². The number of halogens is 1. The van der Waals surface area contributed by atoms with Crippen LogP contribution in [0.15, 0.2) is 22.7 Å². The molecular weight excluding hydrogens is 318 g/mol. The van der Waals surface area contributed by atoms with E-state index in [0.717, 1.165) is 23.2 Å². The second kappa shape index (κ2) is 6.04. The molecule has 1 aromatic rings. The summed E-state index contributed by atoms with van der Waals surface area (Å²) in [5, 5.41) is 9.73. The summed E-state index contributed by atoms with van der Waals surface area (Å²) in [4.78, 5) is 2.49. The van der Waals surface area contributed by atoms with Crippen LogP contribution in [0.3, 0.4) is 0 Å². The fourth-order valence-electron chi connectivity index (χ4n) is 3.45. The van der Waals surface area contributed by atoms with Gasteiger partial charge in [-0.15, -0.1) is 0 Å². The molecular formula is C16H22BrNO2. The lowest BCUT2D eigenvalue weighted by molar-refractivity contribution is -0.00868. The molecule has 0 radical (unpaired) electrons. The first-order valence-corrected chi connectivity index (χ1v) is 8.32. The highest BCUT2D eigenvalue weighted by molar-refractivity contribution is 9.10. The van der Waals surface area contributed by atoms with Crippen molar-refractivity contribution in [1.82, 2.24) is 0 Å². The smallest absolute Gasteiger partial charge is 0.0779 e. The second-order valence-electron chi connectivity index (χ2n) is 5.84. The van der Waals surface area contributed by atoms with Crippen LogP contribution in [-0.4, -0.2) is 30.4 Å². The molecule has 20 heavy (non-hydrogen) atoms. The third kappa shape index (κ3) is 2.74. The number of ether oxygens (including phenoxy) is 1. The van der Waals surface area contributed by atoms with E-state index in [1.807, 2.05) is 6.07 Å². The van der Waals surface area contributed by atoms with Crippen LogP contribution in [0.1, 0.15) is 44.3 Å². The molecule has 1 aromatic carbocycles. The Bertz CT molecular complexity index is 476. The van der Waals surface area contributed by atoms with Crippen molar-refractivity contribution >= 4 is 21.6 Å². The molecule has 1 saturated heterocycles. The highest BCUT2D eigenvalue weighted by Crippen LogP contribution is 2.34. The highest BCUT2D eigenvalue weighted by Gasteiger charge is 2.34. The van der Waals surface area contributed by atoms with E-state index >= 15 is 0 Å². The number of aliphatic hydroxyl groups is 1. The van der Waals surface area contributed by atoms with Crippen LogP contribution >= 0.6 is 15.9 Å². The lowest BCUT2D eigenvalue weighted by Crippen LogP contribution is -2.52. The van der Waals surface area contributed by atoms with E-state index < -0.39 is 6.10 Å². The van der Waals surface area contributed by atoms with Crippen molar-refractivity contribution < 1.29 is 9.84 Å². The quantitative estimate of drug-likeness (QED) is 0.892. The van der Waals surface area contributed by atoms with Crippen molar-refractivity contribution in [2.45, 2.75) is 50.9 Å². The average Bonchev–Trinajstić information content (AvgIpc) is 2.46. The molecule has 2 unspecified atom stereocenters. The van der Waals surface area contributed by atoms with Crippen LogP contribution in [0.2, 0.25) is 0 Å². The van der Waals surface area contributed by atoms with E-state index in [4.69, 9.17) is 4.74 Å². The summed E-state index contributed by atoms with van der Waals surface area (Å²) >= 11 is 3.58. The van der Waals surface area contributed by atoms with E-state index in [-0.39, 0.29) is 0 Å². The Hall–Kier alpha value is -0.580. The van der Waals surface area contributed by atoms with Crippen molar-refractivity contribution in [2.24, 2.45) is 0 Å². The third-order valence-corrected chi connectivity index (χ3v) is 5.18. The summed E-state index contributed by atoms with van der Waals surface area (Å²) in [7, 11) is 0. The van der Waals surface area contributed by atoms with Gasteiger partial charge in [0.05, 0.1) is 24.9 Å². The minimum Gasteiger partial charge on any atom is -0.389 e. The lowest BCUT2D eigenvalue weighted by Gasteiger charge is -2.45. The maximum atomic E-state index is 9.73. The maximum Gasteiger partial charge on any atom is 0.0779 e. The number of morpholine rings is 1. The van der Waals surface area contributed by atoms with Crippen molar-refractivity contribution in [3.63, 3.8) is 0 Å². The molecule has 2 aliphatic rings. The largest absolute Gasteiger partial charge is 0.389 e. The predicted octanol–water partition coefficient (Wildman–Crippen LogP) is 3.65. The molecule has 110 valence electrons. The van der Waals surface area contributed by atoms with Gasteiger partial charge in [-0.05, 0) is 37.5 Å². The Labute approximate surface area is 129 Å². The molecule has 1 aliphatic heterocycles. The monoisotopic (exact) mass is 339 g/mol. The van der Waals surface area contributed by atoms with Crippen LogP contribution in [0.5, 0.6) is 0 Å². The van der Waals surface area contributed by atoms with Gasteiger partial charge in [-0.25, -0.2) is 0 Å². The predicted molar refractivity (Wildman–Crippen MR) is 84.1 cm³/mol. The first-order chi connectivity index (χ1) is 9.66. The zero-order chi connectivity index (χ0) is 14.1. The molecule has 0 spiro atoms. The molecule has 2 fully saturated rings. The Morgan fingerprint density at radius 3 is 2.90 bits per heavy atom.